The topological polar surface area (TPSA) is 49.9 Å². The minimum atomic E-state index is 0.170. The molecule has 0 saturated heterocycles. The Labute approximate surface area is 96.9 Å². The lowest BCUT2D eigenvalue weighted by molar-refractivity contribution is 1.27. The Hall–Kier alpha value is -0.480. The second-order valence-electron chi connectivity index (χ2n) is 3.20. The molecule has 0 aliphatic heterocycles. The van der Waals surface area contributed by atoms with Gasteiger partial charge in [-0.1, -0.05) is 39.8 Å². The second kappa shape index (κ2) is 4.84. The lowest BCUT2D eigenvalue weighted by Crippen LogP contribution is -2.03. The molecule has 3 N–H and O–H groups in total. The number of benzene rings is 1. The van der Waals surface area contributed by atoms with E-state index >= 15 is 0 Å². The van der Waals surface area contributed by atoms with Crippen LogP contribution in [0.25, 0.3) is 0 Å². The maximum atomic E-state index is 7.12. The van der Waals surface area contributed by atoms with E-state index in [0.717, 1.165) is 10.2 Å². The molecule has 0 atom stereocenters. The Morgan fingerprint density at radius 1 is 1.43 bits per heavy atom. The van der Waals surface area contributed by atoms with Crippen molar-refractivity contribution in [3.63, 3.8) is 0 Å². The highest BCUT2D eigenvalue weighted by Crippen LogP contribution is 2.24. The van der Waals surface area contributed by atoms with E-state index < -0.39 is 0 Å². The molecule has 0 radical (unpaired) electrons. The highest BCUT2D eigenvalue weighted by molar-refractivity contribution is 9.10. The van der Waals surface area contributed by atoms with Gasteiger partial charge in [0.05, 0.1) is 0 Å². The summed E-state index contributed by atoms with van der Waals surface area (Å²) < 4.78 is 1.16. The molecule has 2 nitrogen and oxygen atoms in total. The summed E-state index contributed by atoms with van der Waals surface area (Å²) in [4.78, 5) is 0. The Kier molecular flexibility index (Phi) is 4.01. The maximum absolute atomic E-state index is 7.12. The minimum absolute atomic E-state index is 0.170. The summed E-state index contributed by atoms with van der Waals surface area (Å²) in [5.74, 6) is 0.768. The standard InChI is InChI=1S/C10H13BrN2S/c1-6-3-8(5-14-10(12)13)4-7(2)9(6)11/h3-4H,5H2,1-2H3,(H3,12,13). The quantitative estimate of drug-likeness (QED) is 0.642. The molecule has 76 valence electrons. The van der Waals surface area contributed by atoms with Crippen LogP contribution in [0.5, 0.6) is 0 Å². The molecule has 1 rings (SSSR count). The van der Waals surface area contributed by atoms with E-state index in [1.807, 2.05) is 0 Å². The molecule has 1 aromatic carbocycles. The van der Waals surface area contributed by atoms with E-state index in [2.05, 4.69) is 41.9 Å². The summed E-state index contributed by atoms with van der Waals surface area (Å²) in [6.07, 6.45) is 0. The van der Waals surface area contributed by atoms with Gasteiger partial charge >= 0.3 is 0 Å². The van der Waals surface area contributed by atoms with E-state index in [0.29, 0.717) is 0 Å². The molecular weight excluding hydrogens is 260 g/mol. The first kappa shape index (κ1) is 11.6. The van der Waals surface area contributed by atoms with Crippen molar-refractivity contribution in [1.82, 2.24) is 0 Å². The molecule has 0 aliphatic rings. The van der Waals surface area contributed by atoms with Crippen molar-refractivity contribution < 1.29 is 0 Å². The minimum Gasteiger partial charge on any atom is -0.379 e. The van der Waals surface area contributed by atoms with Crippen LogP contribution in [-0.2, 0) is 5.75 Å². The number of hydrogen-bond acceptors (Lipinski definition) is 2. The number of thioether (sulfide) groups is 1. The van der Waals surface area contributed by atoms with Crippen LogP contribution in [0.15, 0.2) is 16.6 Å². The van der Waals surface area contributed by atoms with Crippen molar-refractivity contribution in [3.05, 3.63) is 33.3 Å². The number of amidine groups is 1. The SMILES string of the molecule is Cc1cc(CSC(=N)N)cc(C)c1Br. The summed E-state index contributed by atoms with van der Waals surface area (Å²) in [5.41, 5.74) is 8.95. The summed E-state index contributed by atoms with van der Waals surface area (Å²) in [7, 11) is 0. The van der Waals surface area contributed by atoms with Crippen LogP contribution < -0.4 is 5.73 Å². The highest BCUT2D eigenvalue weighted by atomic mass is 79.9. The Morgan fingerprint density at radius 3 is 2.36 bits per heavy atom. The molecule has 0 spiro atoms. The molecule has 0 aromatic heterocycles. The number of nitrogens with one attached hydrogen (secondary N) is 1. The Bertz CT molecular complexity index is 340. The van der Waals surface area contributed by atoms with Gasteiger partial charge < -0.3 is 5.73 Å². The van der Waals surface area contributed by atoms with Gasteiger partial charge in [-0.3, -0.25) is 5.41 Å². The van der Waals surface area contributed by atoms with Crippen molar-refractivity contribution in [2.75, 3.05) is 0 Å². The number of hydrogen-bond donors (Lipinski definition) is 2. The third-order valence-electron chi connectivity index (χ3n) is 1.89. The molecule has 1 aromatic rings. The van der Waals surface area contributed by atoms with E-state index in [4.69, 9.17) is 11.1 Å². The predicted molar refractivity (Wildman–Crippen MR) is 66.8 cm³/mol. The molecule has 0 fully saturated rings. The predicted octanol–water partition coefficient (Wildman–Crippen LogP) is 3.19. The van der Waals surface area contributed by atoms with E-state index in [1.165, 1.54) is 28.5 Å². The van der Waals surface area contributed by atoms with E-state index in [9.17, 15) is 0 Å². The molecule has 0 amide bonds. The van der Waals surface area contributed by atoms with Gasteiger partial charge in [-0.05, 0) is 30.5 Å². The van der Waals surface area contributed by atoms with Gasteiger partial charge in [0, 0.05) is 10.2 Å². The molecule has 0 bridgehead atoms. The van der Waals surface area contributed by atoms with Gasteiger partial charge in [0.25, 0.3) is 0 Å². The van der Waals surface area contributed by atoms with Crippen molar-refractivity contribution in [1.29, 1.82) is 5.41 Å². The van der Waals surface area contributed by atoms with E-state index in [-0.39, 0.29) is 5.17 Å². The molecule has 4 heteroatoms. The van der Waals surface area contributed by atoms with Gasteiger partial charge in [-0.2, -0.15) is 0 Å². The van der Waals surface area contributed by atoms with Gasteiger partial charge in [-0.15, -0.1) is 0 Å². The fraction of sp³-hybridized carbons (Fsp3) is 0.300. The van der Waals surface area contributed by atoms with Crippen LogP contribution in [0.3, 0.4) is 0 Å². The zero-order valence-corrected chi connectivity index (χ0v) is 10.6. The van der Waals surface area contributed by atoms with Gasteiger partial charge in [0.15, 0.2) is 5.17 Å². The van der Waals surface area contributed by atoms with Crippen LogP contribution in [0.1, 0.15) is 16.7 Å². The number of aryl methyl sites for hydroxylation is 2. The fourth-order valence-corrected chi connectivity index (χ4v) is 2.00. The van der Waals surface area contributed by atoms with Crippen LogP contribution in [0.2, 0.25) is 0 Å². The van der Waals surface area contributed by atoms with Crippen LogP contribution >= 0.6 is 27.7 Å². The summed E-state index contributed by atoms with van der Waals surface area (Å²) in [6.45, 7) is 4.14. The average Bonchev–Trinajstić information content (AvgIpc) is 2.10. The Morgan fingerprint density at radius 2 is 1.93 bits per heavy atom. The van der Waals surface area contributed by atoms with Crippen LogP contribution in [0, 0.1) is 19.3 Å². The second-order valence-corrected chi connectivity index (χ2v) is 5.01. The third-order valence-corrected chi connectivity index (χ3v) is 3.93. The first-order chi connectivity index (χ1) is 6.50. The molecular formula is C10H13BrN2S. The number of nitrogens with two attached hydrogens (primary N) is 1. The van der Waals surface area contributed by atoms with Crippen LogP contribution in [-0.4, -0.2) is 5.17 Å². The van der Waals surface area contributed by atoms with Crippen molar-refractivity contribution in [2.45, 2.75) is 19.6 Å². The normalized spacial score (nSPS) is 10.2. The van der Waals surface area contributed by atoms with Crippen molar-refractivity contribution in [2.24, 2.45) is 5.73 Å². The molecule has 0 saturated carbocycles. The molecule has 0 unspecified atom stereocenters. The molecule has 0 heterocycles. The van der Waals surface area contributed by atoms with Crippen molar-refractivity contribution >= 4 is 32.9 Å². The fourth-order valence-electron chi connectivity index (χ4n) is 1.28. The first-order valence-corrected chi connectivity index (χ1v) is 6.01. The van der Waals surface area contributed by atoms with E-state index in [1.54, 1.807) is 0 Å². The number of rotatable bonds is 2. The van der Waals surface area contributed by atoms with Crippen molar-refractivity contribution in [3.8, 4) is 0 Å². The first-order valence-electron chi connectivity index (χ1n) is 4.23. The smallest absolute Gasteiger partial charge is 0.151 e. The Balaban J connectivity index is 2.84. The monoisotopic (exact) mass is 272 g/mol. The average molecular weight is 273 g/mol. The lowest BCUT2D eigenvalue weighted by atomic mass is 10.1. The summed E-state index contributed by atoms with van der Waals surface area (Å²) >= 11 is 4.87. The lowest BCUT2D eigenvalue weighted by Gasteiger charge is -2.07. The molecule has 0 aliphatic carbocycles. The molecule has 14 heavy (non-hydrogen) atoms. The zero-order valence-electron chi connectivity index (χ0n) is 8.23. The van der Waals surface area contributed by atoms with Gasteiger partial charge in [0.1, 0.15) is 0 Å². The van der Waals surface area contributed by atoms with Gasteiger partial charge in [0.2, 0.25) is 0 Å². The summed E-state index contributed by atoms with van der Waals surface area (Å²) in [5, 5.41) is 7.29. The summed E-state index contributed by atoms with van der Waals surface area (Å²) in [6, 6.07) is 4.24. The highest BCUT2D eigenvalue weighted by Gasteiger charge is 2.02. The number of halogens is 1. The van der Waals surface area contributed by atoms with Crippen LogP contribution in [0.4, 0.5) is 0 Å². The zero-order chi connectivity index (χ0) is 10.7. The largest absolute Gasteiger partial charge is 0.379 e. The third kappa shape index (κ3) is 3.03. The maximum Gasteiger partial charge on any atom is 0.151 e. The van der Waals surface area contributed by atoms with Gasteiger partial charge in [-0.25, -0.2) is 0 Å².